The van der Waals surface area contributed by atoms with Gasteiger partial charge in [0.15, 0.2) is 16.4 Å². The highest BCUT2D eigenvalue weighted by atomic mass is 32.2. The highest BCUT2D eigenvalue weighted by Crippen LogP contribution is 2.13. The predicted molar refractivity (Wildman–Crippen MR) is 80.5 cm³/mol. The number of rotatable bonds is 5. The average molecular weight is 354 g/mol. The Morgan fingerprint density at radius 1 is 1.04 bits per heavy atom. The fourth-order valence-corrected chi connectivity index (χ4v) is 2.47. The van der Waals surface area contributed by atoms with Gasteiger partial charge in [0.05, 0.1) is 16.0 Å². The first kappa shape index (κ1) is 17.7. The zero-order chi connectivity index (χ0) is 17.9. The first-order valence-electron chi connectivity index (χ1n) is 6.64. The van der Waals surface area contributed by atoms with Crippen molar-refractivity contribution < 1.29 is 31.5 Å². The number of carbonyl (C=O) groups excluding carboxylic acids is 2. The van der Waals surface area contributed by atoms with E-state index in [0.717, 1.165) is 18.4 Å². The number of ether oxygens (including phenoxy) is 1. The maximum absolute atomic E-state index is 13.4. The molecule has 126 valence electrons. The molecule has 0 N–H and O–H groups in total. The van der Waals surface area contributed by atoms with Crippen molar-refractivity contribution in [1.29, 1.82) is 0 Å². The first-order valence-corrected chi connectivity index (χ1v) is 8.53. The van der Waals surface area contributed by atoms with Gasteiger partial charge < -0.3 is 4.74 Å². The average Bonchev–Trinajstić information content (AvgIpc) is 2.53. The molecule has 2 aromatic carbocycles. The van der Waals surface area contributed by atoms with Gasteiger partial charge in [-0.3, -0.25) is 4.79 Å². The lowest BCUT2D eigenvalue weighted by atomic mass is 10.1. The van der Waals surface area contributed by atoms with E-state index < -0.39 is 45.4 Å². The zero-order valence-corrected chi connectivity index (χ0v) is 13.3. The number of ketones is 1. The Morgan fingerprint density at radius 2 is 1.67 bits per heavy atom. The van der Waals surface area contributed by atoms with Crippen molar-refractivity contribution in [3.63, 3.8) is 0 Å². The smallest absolute Gasteiger partial charge is 0.338 e. The number of hydrogen-bond donors (Lipinski definition) is 0. The number of hydrogen-bond acceptors (Lipinski definition) is 5. The molecule has 0 atom stereocenters. The Balaban J connectivity index is 2.05. The number of carbonyl (C=O) groups is 2. The van der Waals surface area contributed by atoms with Crippen LogP contribution >= 0.6 is 0 Å². The molecule has 8 heteroatoms. The predicted octanol–water partition coefficient (Wildman–Crippen LogP) is 2.41. The molecule has 0 spiro atoms. The quantitative estimate of drug-likeness (QED) is 0.609. The Bertz CT molecular complexity index is 889. The van der Waals surface area contributed by atoms with Crippen LogP contribution in [0.15, 0.2) is 47.4 Å². The third kappa shape index (κ3) is 4.23. The molecule has 0 saturated heterocycles. The fourth-order valence-electron chi connectivity index (χ4n) is 1.84. The third-order valence-corrected chi connectivity index (χ3v) is 4.21. The first-order chi connectivity index (χ1) is 11.2. The van der Waals surface area contributed by atoms with E-state index in [1.54, 1.807) is 0 Å². The highest BCUT2D eigenvalue weighted by Gasteiger charge is 2.16. The van der Waals surface area contributed by atoms with Crippen LogP contribution in [0.1, 0.15) is 20.7 Å². The van der Waals surface area contributed by atoms with Gasteiger partial charge in [-0.2, -0.15) is 0 Å². The lowest BCUT2D eigenvalue weighted by molar-refractivity contribution is 0.0473. The second-order valence-electron chi connectivity index (χ2n) is 4.92. The minimum atomic E-state index is -3.40. The monoisotopic (exact) mass is 354 g/mol. The van der Waals surface area contributed by atoms with E-state index in [-0.39, 0.29) is 10.5 Å². The van der Waals surface area contributed by atoms with E-state index in [1.807, 2.05) is 0 Å². The fraction of sp³-hybridized carbons (Fsp3) is 0.125. The summed E-state index contributed by atoms with van der Waals surface area (Å²) in [5.41, 5.74) is -0.495. The van der Waals surface area contributed by atoms with Gasteiger partial charge in [0.1, 0.15) is 11.6 Å². The molecule has 5 nitrogen and oxygen atoms in total. The summed E-state index contributed by atoms with van der Waals surface area (Å²) in [6.45, 7) is -0.771. The largest absolute Gasteiger partial charge is 0.454 e. The topological polar surface area (TPSA) is 77.5 Å². The standard InChI is InChI=1S/C16H12F2O5S/c1-24(21,22)12-5-2-10(3-6-12)16(20)23-9-15(19)13-8-11(17)4-7-14(13)18/h2-8H,9H2,1H3. The van der Waals surface area contributed by atoms with Crippen LogP contribution in [0.2, 0.25) is 0 Å². The van der Waals surface area contributed by atoms with Crippen molar-refractivity contribution in [2.45, 2.75) is 4.90 Å². The van der Waals surface area contributed by atoms with Gasteiger partial charge >= 0.3 is 5.97 Å². The summed E-state index contributed by atoms with van der Waals surface area (Å²) in [5.74, 6) is -3.49. The highest BCUT2D eigenvalue weighted by molar-refractivity contribution is 7.90. The van der Waals surface area contributed by atoms with Crippen LogP contribution in [0, 0.1) is 11.6 Å². The molecule has 2 aromatic rings. The molecule has 2 rings (SSSR count). The summed E-state index contributed by atoms with van der Waals surface area (Å²) in [6, 6.07) is 7.28. The molecule has 0 radical (unpaired) electrons. The van der Waals surface area contributed by atoms with Crippen LogP contribution in [0.3, 0.4) is 0 Å². The molecular formula is C16H12F2O5S. The van der Waals surface area contributed by atoms with E-state index in [9.17, 15) is 26.8 Å². The van der Waals surface area contributed by atoms with Crippen LogP contribution in [0.25, 0.3) is 0 Å². The molecule has 0 bridgehead atoms. The van der Waals surface area contributed by atoms with E-state index in [2.05, 4.69) is 0 Å². The van der Waals surface area contributed by atoms with E-state index >= 15 is 0 Å². The van der Waals surface area contributed by atoms with E-state index in [1.165, 1.54) is 24.3 Å². The van der Waals surface area contributed by atoms with E-state index in [4.69, 9.17) is 4.74 Å². The van der Waals surface area contributed by atoms with Crippen molar-refractivity contribution >= 4 is 21.6 Å². The van der Waals surface area contributed by atoms with Gasteiger partial charge in [0.25, 0.3) is 0 Å². The lowest BCUT2D eigenvalue weighted by Crippen LogP contribution is -2.15. The number of esters is 1. The number of Topliss-reactive ketones (excluding diaryl/α,β-unsaturated/α-hetero) is 1. The molecule has 24 heavy (non-hydrogen) atoms. The number of benzene rings is 2. The zero-order valence-electron chi connectivity index (χ0n) is 12.5. The summed E-state index contributed by atoms with van der Waals surface area (Å²) < 4.78 is 53.8. The normalized spacial score (nSPS) is 11.1. The number of halogens is 2. The van der Waals surface area contributed by atoms with Crippen LogP contribution < -0.4 is 0 Å². The van der Waals surface area contributed by atoms with Crippen molar-refractivity contribution in [2.24, 2.45) is 0 Å². The minimum absolute atomic E-state index is 0.0231. The molecular weight excluding hydrogens is 342 g/mol. The molecule has 0 aliphatic rings. The molecule has 0 amide bonds. The second-order valence-corrected chi connectivity index (χ2v) is 6.94. The van der Waals surface area contributed by atoms with Crippen LogP contribution in [-0.2, 0) is 14.6 Å². The Kier molecular flexibility index (Phi) is 5.08. The molecule has 0 fully saturated rings. The molecule has 0 heterocycles. The molecule has 0 aliphatic carbocycles. The molecule has 0 unspecified atom stereocenters. The van der Waals surface area contributed by atoms with Gasteiger partial charge in [0, 0.05) is 6.26 Å². The number of sulfone groups is 1. The summed E-state index contributed by atoms with van der Waals surface area (Å²) in [6.07, 6.45) is 1.02. The van der Waals surface area contributed by atoms with Crippen molar-refractivity contribution in [3.05, 3.63) is 65.2 Å². The van der Waals surface area contributed by atoms with Gasteiger partial charge in [0.2, 0.25) is 5.78 Å². The Hall–Kier alpha value is -2.61. The van der Waals surface area contributed by atoms with E-state index in [0.29, 0.717) is 6.07 Å². The summed E-state index contributed by atoms with van der Waals surface area (Å²) in [5, 5.41) is 0. The third-order valence-electron chi connectivity index (χ3n) is 3.08. The van der Waals surface area contributed by atoms with Crippen molar-refractivity contribution in [3.8, 4) is 0 Å². The Labute approximate surface area is 136 Å². The second kappa shape index (κ2) is 6.88. The van der Waals surface area contributed by atoms with Gasteiger partial charge in [-0.25, -0.2) is 22.0 Å². The summed E-state index contributed by atoms with van der Waals surface area (Å²) in [4.78, 5) is 23.6. The minimum Gasteiger partial charge on any atom is -0.454 e. The van der Waals surface area contributed by atoms with Crippen LogP contribution in [0.4, 0.5) is 8.78 Å². The molecule has 0 aliphatic heterocycles. The van der Waals surface area contributed by atoms with Crippen molar-refractivity contribution in [2.75, 3.05) is 12.9 Å². The summed E-state index contributed by atoms with van der Waals surface area (Å²) in [7, 11) is -3.40. The molecule has 0 aromatic heterocycles. The van der Waals surface area contributed by atoms with Crippen molar-refractivity contribution in [1.82, 2.24) is 0 Å². The summed E-state index contributed by atoms with van der Waals surface area (Å²) >= 11 is 0. The van der Waals surface area contributed by atoms with Gasteiger partial charge in [-0.1, -0.05) is 0 Å². The SMILES string of the molecule is CS(=O)(=O)c1ccc(C(=O)OCC(=O)c2cc(F)ccc2F)cc1. The van der Waals surface area contributed by atoms with Gasteiger partial charge in [-0.05, 0) is 42.5 Å². The maximum Gasteiger partial charge on any atom is 0.338 e. The van der Waals surface area contributed by atoms with Crippen LogP contribution in [0.5, 0.6) is 0 Å². The maximum atomic E-state index is 13.4. The Morgan fingerprint density at radius 3 is 2.25 bits per heavy atom. The van der Waals surface area contributed by atoms with Crippen LogP contribution in [-0.4, -0.2) is 33.0 Å². The lowest BCUT2D eigenvalue weighted by Gasteiger charge is -2.06. The molecule has 0 saturated carbocycles. The van der Waals surface area contributed by atoms with Gasteiger partial charge in [-0.15, -0.1) is 0 Å².